The number of benzene rings is 2. The zero-order valence-corrected chi connectivity index (χ0v) is 12.4. The van der Waals surface area contributed by atoms with Gasteiger partial charge in [-0.2, -0.15) is 0 Å². The van der Waals surface area contributed by atoms with E-state index in [1.807, 2.05) is 30.3 Å². The van der Waals surface area contributed by atoms with E-state index in [-0.39, 0.29) is 5.56 Å². The van der Waals surface area contributed by atoms with Crippen molar-refractivity contribution >= 4 is 17.5 Å². The van der Waals surface area contributed by atoms with E-state index in [4.69, 9.17) is 9.57 Å². The number of carbonyl (C=O) groups is 1. The second kappa shape index (κ2) is 6.37. The molecule has 0 spiro atoms. The van der Waals surface area contributed by atoms with Gasteiger partial charge in [0.25, 0.3) is 0 Å². The summed E-state index contributed by atoms with van der Waals surface area (Å²) in [5, 5.41) is 12.4. The summed E-state index contributed by atoms with van der Waals surface area (Å²) in [6.07, 6.45) is 3.41. The molecule has 2 aromatic carbocycles. The van der Waals surface area contributed by atoms with Crippen LogP contribution in [0.1, 0.15) is 21.5 Å². The summed E-state index contributed by atoms with van der Waals surface area (Å²) in [6.45, 7) is 0. The van der Waals surface area contributed by atoms with E-state index in [0.717, 1.165) is 11.1 Å². The van der Waals surface area contributed by atoms with Crippen LogP contribution in [0.25, 0.3) is 11.5 Å². The lowest BCUT2D eigenvalue weighted by Gasteiger charge is -2.24. The summed E-state index contributed by atoms with van der Waals surface area (Å²) < 4.78 is 5.93. The molecule has 0 aromatic heterocycles. The van der Waals surface area contributed by atoms with Crippen LogP contribution in [0.2, 0.25) is 0 Å². The maximum atomic E-state index is 10.8. The molecule has 5 heteroatoms. The predicted octanol–water partition coefficient (Wildman–Crippen LogP) is 2.24. The lowest BCUT2D eigenvalue weighted by atomic mass is 10.1. The summed E-state index contributed by atoms with van der Waals surface area (Å²) in [6, 6.07) is 15.9. The van der Waals surface area contributed by atoms with Crippen molar-refractivity contribution in [2.45, 2.75) is 0 Å². The second-order valence-corrected chi connectivity index (χ2v) is 4.86. The van der Waals surface area contributed by atoms with Crippen LogP contribution in [0.5, 0.6) is 0 Å². The maximum Gasteiger partial charge on any atom is 0.153 e. The topological polar surface area (TPSA) is 61.8 Å². The van der Waals surface area contributed by atoms with Crippen molar-refractivity contribution in [1.82, 2.24) is 5.06 Å². The van der Waals surface area contributed by atoms with Crippen molar-refractivity contribution in [3.8, 4) is 0 Å². The first-order valence-electron chi connectivity index (χ1n) is 6.98. The minimum absolute atomic E-state index is 0.118. The van der Waals surface area contributed by atoms with Crippen molar-refractivity contribution in [3.05, 3.63) is 83.7 Å². The van der Waals surface area contributed by atoms with Gasteiger partial charge in [0.15, 0.2) is 11.5 Å². The second-order valence-electron chi connectivity index (χ2n) is 4.86. The highest BCUT2D eigenvalue weighted by molar-refractivity contribution is 5.86. The Morgan fingerprint density at radius 1 is 0.957 bits per heavy atom. The lowest BCUT2D eigenvalue weighted by Crippen LogP contribution is -2.22. The molecular weight excluding hydrogens is 294 g/mol. The Balaban J connectivity index is 1.91. The number of hydroxylamine groups is 2. The monoisotopic (exact) mass is 308 g/mol. The molecule has 0 atom stereocenters. The van der Waals surface area contributed by atoms with E-state index < -0.39 is 5.97 Å². The van der Waals surface area contributed by atoms with Gasteiger partial charge in [-0.1, -0.05) is 54.6 Å². The number of nitrogens with zero attached hydrogens (tertiary/aromatic N) is 1. The number of hydrogen-bond acceptors (Lipinski definition) is 5. The molecule has 1 heterocycles. The van der Waals surface area contributed by atoms with Gasteiger partial charge < -0.3 is 14.6 Å². The van der Waals surface area contributed by atoms with Crippen LogP contribution in [0, 0.1) is 0 Å². The van der Waals surface area contributed by atoms with Crippen LogP contribution >= 0.6 is 0 Å². The highest BCUT2D eigenvalue weighted by Gasteiger charge is 2.16. The van der Waals surface area contributed by atoms with E-state index in [1.54, 1.807) is 31.6 Å². The molecule has 2 aromatic rings. The number of carboxylic acid groups (broad SMARTS) is 1. The molecule has 0 radical (unpaired) electrons. The van der Waals surface area contributed by atoms with Gasteiger partial charge in [-0.25, -0.2) is 5.06 Å². The van der Waals surface area contributed by atoms with Gasteiger partial charge in [-0.3, -0.25) is 4.84 Å². The van der Waals surface area contributed by atoms with Crippen LogP contribution in [-0.4, -0.2) is 18.1 Å². The van der Waals surface area contributed by atoms with Gasteiger partial charge in [0.05, 0.1) is 25.5 Å². The fourth-order valence-electron chi connectivity index (χ4n) is 2.18. The maximum absolute atomic E-state index is 10.8. The molecule has 0 aliphatic carbocycles. The fourth-order valence-corrected chi connectivity index (χ4v) is 2.18. The first-order chi connectivity index (χ1) is 11.2. The predicted molar refractivity (Wildman–Crippen MR) is 83.1 cm³/mol. The molecule has 3 rings (SSSR count). The summed E-state index contributed by atoms with van der Waals surface area (Å²) in [5.74, 6) is -0.0227. The molecule has 0 N–H and O–H groups in total. The molecule has 0 fully saturated rings. The number of carboxylic acids is 1. The largest absolute Gasteiger partial charge is 0.545 e. The minimum atomic E-state index is -1.21. The molecule has 116 valence electrons. The standard InChI is InChI=1S/C18H15NO4/c1-22-19-11-16(13-5-3-2-4-6-13)23-17(12-19)14-7-9-15(10-8-14)18(20)21/h2-12H,1H3,(H,20,21)/p-1. The zero-order valence-electron chi connectivity index (χ0n) is 12.4. The van der Waals surface area contributed by atoms with E-state index >= 15 is 0 Å². The third-order valence-corrected chi connectivity index (χ3v) is 3.38. The summed E-state index contributed by atoms with van der Waals surface area (Å²) in [4.78, 5) is 16.1. The average Bonchev–Trinajstić information content (AvgIpc) is 2.62. The van der Waals surface area contributed by atoms with Crippen LogP contribution in [0.15, 0.2) is 67.0 Å². The van der Waals surface area contributed by atoms with Crippen LogP contribution in [0.3, 0.4) is 0 Å². The molecule has 0 bridgehead atoms. The van der Waals surface area contributed by atoms with Gasteiger partial charge in [0, 0.05) is 11.1 Å². The fraction of sp³-hybridized carbons (Fsp3) is 0.0556. The summed E-state index contributed by atoms with van der Waals surface area (Å²) >= 11 is 0. The van der Waals surface area contributed by atoms with Crippen LogP contribution in [0.4, 0.5) is 0 Å². The summed E-state index contributed by atoms with van der Waals surface area (Å²) in [5.41, 5.74) is 1.76. The molecule has 0 unspecified atom stereocenters. The first kappa shape index (κ1) is 14.9. The zero-order chi connectivity index (χ0) is 16.2. The Bertz CT molecular complexity index is 763. The highest BCUT2D eigenvalue weighted by Crippen LogP contribution is 2.30. The Hall–Kier alpha value is -3.05. The molecule has 0 saturated carbocycles. The first-order valence-corrected chi connectivity index (χ1v) is 6.98. The average molecular weight is 308 g/mol. The van der Waals surface area contributed by atoms with Gasteiger partial charge >= 0.3 is 0 Å². The van der Waals surface area contributed by atoms with E-state index in [2.05, 4.69) is 0 Å². The number of carbonyl (C=O) groups excluding carboxylic acids is 1. The minimum Gasteiger partial charge on any atom is -0.545 e. The SMILES string of the molecule is CON1C=C(c2ccccc2)OC(c2ccc(C(=O)[O-])cc2)=C1. The molecule has 0 saturated heterocycles. The lowest BCUT2D eigenvalue weighted by molar-refractivity contribution is -0.255. The highest BCUT2D eigenvalue weighted by atomic mass is 16.7. The number of ether oxygens (including phenoxy) is 1. The summed E-state index contributed by atoms with van der Waals surface area (Å²) in [7, 11) is 1.55. The van der Waals surface area contributed by atoms with E-state index in [1.165, 1.54) is 17.2 Å². The molecule has 1 aliphatic heterocycles. The molecular formula is C18H14NO4-. The smallest absolute Gasteiger partial charge is 0.153 e. The van der Waals surface area contributed by atoms with Crippen molar-refractivity contribution in [2.75, 3.05) is 7.11 Å². The molecule has 23 heavy (non-hydrogen) atoms. The normalized spacial score (nSPS) is 13.9. The van der Waals surface area contributed by atoms with Gasteiger partial charge in [-0.05, 0) is 5.56 Å². The Labute approximate surface area is 133 Å². The van der Waals surface area contributed by atoms with Crippen molar-refractivity contribution in [2.24, 2.45) is 0 Å². The van der Waals surface area contributed by atoms with Crippen LogP contribution < -0.4 is 5.11 Å². The Morgan fingerprint density at radius 2 is 1.52 bits per heavy atom. The van der Waals surface area contributed by atoms with Crippen LogP contribution in [-0.2, 0) is 9.57 Å². The van der Waals surface area contributed by atoms with Crippen molar-refractivity contribution in [1.29, 1.82) is 0 Å². The van der Waals surface area contributed by atoms with Crippen molar-refractivity contribution < 1.29 is 19.5 Å². The Morgan fingerprint density at radius 3 is 2.04 bits per heavy atom. The molecule has 1 aliphatic rings. The third-order valence-electron chi connectivity index (χ3n) is 3.38. The number of hydrogen-bond donors (Lipinski definition) is 0. The van der Waals surface area contributed by atoms with E-state index in [0.29, 0.717) is 11.5 Å². The number of aromatic carboxylic acids is 1. The molecule has 0 amide bonds. The Kier molecular flexibility index (Phi) is 4.12. The number of rotatable bonds is 4. The van der Waals surface area contributed by atoms with Gasteiger partial charge in [0.2, 0.25) is 0 Å². The molecule has 5 nitrogen and oxygen atoms in total. The van der Waals surface area contributed by atoms with Gasteiger partial charge in [-0.15, -0.1) is 0 Å². The quantitative estimate of drug-likeness (QED) is 0.867. The van der Waals surface area contributed by atoms with E-state index in [9.17, 15) is 9.90 Å². The third kappa shape index (κ3) is 3.25. The van der Waals surface area contributed by atoms with Gasteiger partial charge in [0.1, 0.15) is 0 Å². The van der Waals surface area contributed by atoms with Crippen molar-refractivity contribution in [3.63, 3.8) is 0 Å².